The molecule has 0 radical (unpaired) electrons. The van der Waals surface area contributed by atoms with Gasteiger partial charge in [0.15, 0.2) is 5.65 Å². The highest BCUT2D eigenvalue weighted by Gasteiger charge is 2.28. The number of fused-ring (bicyclic) bond motifs is 1. The Hall–Kier alpha value is -2.93. The first-order valence-electron chi connectivity index (χ1n) is 11.1. The van der Waals surface area contributed by atoms with E-state index in [1.165, 1.54) is 5.69 Å². The van der Waals surface area contributed by atoms with Gasteiger partial charge in [-0.3, -0.25) is 9.48 Å². The van der Waals surface area contributed by atoms with Crippen molar-refractivity contribution >= 4 is 22.6 Å². The topological polar surface area (TPSA) is 66.3 Å². The van der Waals surface area contributed by atoms with Crippen molar-refractivity contribution in [2.24, 2.45) is 7.05 Å². The summed E-state index contributed by atoms with van der Waals surface area (Å²) in [4.78, 5) is 22.7. The van der Waals surface area contributed by atoms with Crippen molar-refractivity contribution in [2.75, 3.05) is 38.1 Å². The molecule has 0 spiro atoms. The van der Waals surface area contributed by atoms with Crippen LogP contribution in [0.2, 0.25) is 0 Å². The first-order valence-corrected chi connectivity index (χ1v) is 11.1. The van der Waals surface area contributed by atoms with Crippen LogP contribution in [-0.4, -0.2) is 58.8 Å². The predicted octanol–water partition coefficient (Wildman–Crippen LogP) is 2.84. The summed E-state index contributed by atoms with van der Waals surface area (Å²) >= 11 is 0. The van der Waals surface area contributed by atoms with Crippen LogP contribution in [0.15, 0.2) is 30.3 Å². The molecule has 1 amide bonds. The van der Waals surface area contributed by atoms with Gasteiger partial charge in [0.05, 0.1) is 16.6 Å². The number of carbonyl (C=O) groups is 1. The average molecular weight is 419 g/mol. The molecule has 2 aliphatic rings. The molecule has 0 bridgehead atoms. The molecule has 0 atom stereocenters. The van der Waals surface area contributed by atoms with E-state index in [2.05, 4.69) is 51.5 Å². The Bertz CT molecular complexity index is 1110. The summed E-state index contributed by atoms with van der Waals surface area (Å²) < 4.78 is 1.78. The van der Waals surface area contributed by atoms with Crippen molar-refractivity contribution in [1.29, 1.82) is 0 Å². The SMILES string of the molecule is Cc1nn(C)c2nc(C3CC3)cc(C(=O)NCc3ccc(N4CCN(C)CC4)cc3)c12. The number of hydrogen-bond donors (Lipinski definition) is 1. The molecule has 3 heterocycles. The first kappa shape index (κ1) is 20.0. The summed E-state index contributed by atoms with van der Waals surface area (Å²) in [5.41, 5.74) is 5.68. The number of aryl methyl sites for hydroxylation is 2. The predicted molar refractivity (Wildman–Crippen MR) is 123 cm³/mol. The molecule has 1 aromatic carbocycles. The number of benzene rings is 1. The summed E-state index contributed by atoms with van der Waals surface area (Å²) in [6.07, 6.45) is 2.30. The molecule has 1 saturated carbocycles. The van der Waals surface area contributed by atoms with Crippen molar-refractivity contribution in [2.45, 2.75) is 32.2 Å². The lowest BCUT2D eigenvalue weighted by Gasteiger charge is -2.34. The number of amides is 1. The van der Waals surface area contributed by atoms with Crippen LogP contribution in [-0.2, 0) is 13.6 Å². The maximum Gasteiger partial charge on any atom is 0.252 e. The molecule has 2 aromatic heterocycles. The van der Waals surface area contributed by atoms with Crippen molar-refractivity contribution in [3.05, 3.63) is 52.8 Å². The van der Waals surface area contributed by atoms with Gasteiger partial charge < -0.3 is 15.1 Å². The summed E-state index contributed by atoms with van der Waals surface area (Å²) in [6.45, 7) is 6.73. The van der Waals surface area contributed by atoms with Crippen LogP contribution >= 0.6 is 0 Å². The minimum atomic E-state index is -0.0615. The van der Waals surface area contributed by atoms with E-state index in [0.29, 0.717) is 18.0 Å². The number of aromatic nitrogens is 3. The number of carbonyl (C=O) groups excluding carboxylic acids is 1. The first-order chi connectivity index (χ1) is 15.0. The zero-order chi connectivity index (χ0) is 21.5. The largest absolute Gasteiger partial charge is 0.369 e. The van der Waals surface area contributed by atoms with E-state index in [0.717, 1.165) is 67.0 Å². The van der Waals surface area contributed by atoms with Gasteiger partial charge in [-0.05, 0) is 50.6 Å². The molecule has 1 saturated heterocycles. The summed E-state index contributed by atoms with van der Waals surface area (Å²) in [5.74, 6) is 0.418. The molecule has 7 heteroatoms. The van der Waals surface area contributed by atoms with Gasteiger partial charge in [-0.1, -0.05) is 12.1 Å². The van der Waals surface area contributed by atoms with Gasteiger partial charge in [0.25, 0.3) is 5.91 Å². The van der Waals surface area contributed by atoms with Gasteiger partial charge in [-0.2, -0.15) is 5.10 Å². The third-order valence-corrected chi connectivity index (χ3v) is 6.49. The van der Waals surface area contributed by atoms with Gasteiger partial charge in [0.1, 0.15) is 0 Å². The maximum atomic E-state index is 13.1. The minimum absolute atomic E-state index is 0.0615. The van der Waals surface area contributed by atoms with E-state index in [-0.39, 0.29) is 5.91 Å². The molecule has 162 valence electrons. The molecule has 1 aliphatic heterocycles. The Morgan fingerprint density at radius 2 is 1.81 bits per heavy atom. The molecule has 3 aromatic rings. The Morgan fingerprint density at radius 3 is 2.48 bits per heavy atom. The Morgan fingerprint density at radius 1 is 1.10 bits per heavy atom. The molecule has 7 nitrogen and oxygen atoms in total. The lowest BCUT2D eigenvalue weighted by Crippen LogP contribution is -2.44. The number of hydrogen-bond acceptors (Lipinski definition) is 5. The van der Waals surface area contributed by atoms with E-state index < -0.39 is 0 Å². The minimum Gasteiger partial charge on any atom is -0.369 e. The molecule has 2 fully saturated rings. The van der Waals surface area contributed by atoms with E-state index in [1.54, 1.807) is 4.68 Å². The summed E-state index contributed by atoms with van der Waals surface area (Å²) in [5, 5.41) is 8.47. The highest BCUT2D eigenvalue weighted by atomic mass is 16.1. The average Bonchev–Trinajstić information content (AvgIpc) is 3.59. The van der Waals surface area contributed by atoms with Crippen molar-refractivity contribution in [3.63, 3.8) is 0 Å². The molecular formula is C24H30N6O. The number of anilines is 1. The number of pyridine rings is 1. The zero-order valence-electron chi connectivity index (χ0n) is 18.6. The van der Waals surface area contributed by atoms with Gasteiger partial charge in [0, 0.05) is 57.1 Å². The fourth-order valence-electron chi connectivity index (χ4n) is 4.40. The number of nitrogens with zero attached hydrogens (tertiary/aromatic N) is 5. The number of likely N-dealkylation sites (N-methyl/N-ethyl adjacent to an activating group) is 1. The van der Waals surface area contributed by atoms with Crippen LogP contribution in [0, 0.1) is 6.92 Å². The van der Waals surface area contributed by atoms with Crippen LogP contribution < -0.4 is 10.2 Å². The highest BCUT2D eigenvalue weighted by Crippen LogP contribution is 2.40. The normalized spacial score (nSPS) is 17.3. The van der Waals surface area contributed by atoms with Crippen LogP contribution in [0.3, 0.4) is 0 Å². The standard InChI is InChI=1S/C24H30N6O/c1-16-22-20(14-21(18-6-7-18)26-23(22)29(3)27-16)24(31)25-15-17-4-8-19(9-5-17)30-12-10-28(2)11-13-30/h4-5,8-9,14,18H,6-7,10-13,15H2,1-3H3,(H,25,31). The second kappa shape index (κ2) is 7.96. The van der Waals surface area contributed by atoms with Crippen molar-refractivity contribution < 1.29 is 4.79 Å². The van der Waals surface area contributed by atoms with E-state index in [9.17, 15) is 4.79 Å². The van der Waals surface area contributed by atoms with Gasteiger partial charge in [-0.25, -0.2) is 4.98 Å². The molecule has 31 heavy (non-hydrogen) atoms. The summed E-state index contributed by atoms with van der Waals surface area (Å²) in [6, 6.07) is 10.5. The van der Waals surface area contributed by atoms with Crippen LogP contribution in [0.5, 0.6) is 0 Å². The fourth-order valence-corrected chi connectivity index (χ4v) is 4.40. The molecule has 0 unspecified atom stereocenters. The monoisotopic (exact) mass is 418 g/mol. The quantitative estimate of drug-likeness (QED) is 0.690. The lowest BCUT2D eigenvalue weighted by atomic mass is 10.1. The maximum absolute atomic E-state index is 13.1. The lowest BCUT2D eigenvalue weighted by molar-refractivity contribution is 0.0952. The zero-order valence-corrected chi connectivity index (χ0v) is 18.6. The van der Waals surface area contributed by atoms with Gasteiger partial charge >= 0.3 is 0 Å². The second-order valence-corrected chi connectivity index (χ2v) is 8.92. The van der Waals surface area contributed by atoms with Crippen molar-refractivity contribution in [3.8, 4) is 0 Å². The number of rotatable bonds is 5. The smallest absolute Gasteiger partial charge is 0.252 e. The van der Waals surface area contributed by atoms with Crippen molar-refractivity contribution in [1.82, 2.24) is 25.0 Å². The van der Waals surface area contributed by atoms with E-state index >= 15 is 0 Å². The molecule has 5 rings (SSSR count). The second-order valence-electron chi connectivity index (χ2n) is 8.92. The Labute approximate surface area is 183 Å². The molecule has 1 aliphatic carbocycles. The third-order valence-electron chi connectivity index (χ3n) is 6.49. The van der Waals surface area contributed by atoms with Crippen LogP contribution in [0.25, 0.3) is 11.0 Å². The third kappa shape index (κ3) is 4.02. The van der Waals surface area contributed by atoms with Gasteiger partial charge in [-0.15, -0.1) is 0 Å². The number of nitrogens with one attached hydrogen (secondary N) is 1. The highest BCUT2D eigenvalue weighted by molar-refractivity contribution is 6.06. The molecule has 1 N–H and O–H groups in total. The van der Waals surface area contributed by atoms with Gasteiger partial charge in [0.2, 0.25) is 0 Å². The van der Waals surface area contributed by atoms with Crippen LogP contribution in [0.4, 0.5) is 5.69 Å². The van der Waals surface area contributed by atoms with E-state index in [1.807, 2.05) is 20.0 Å². The van der Waals surface area contributed by atoms with Crippen LogP contribution in [0.1, 0.15) is 46.1 Å². The Balaban J connectivity index is 1.31. The fraction of sp³-hybridized carbons (Fsp3) is 0.458. The molecular weight excluding hydrogens is 388 g/mol. The summed E-state index contributed by atoms with van der Waals surface area (Å²) in [7, 11) is 4.06. The van der Waals surface area contributed by atoms with E-state index in [4.69, 9.17) is 4.98 Å². The Kier molecular flexibility index (Phi) is 5.14. The number of piperazine rings is 1.